The van der Waals surface area contributed by atoms with Gasteiger partial charge in [-0.2, -0.15) is 10.2 Å². The molecule has 0 radical (unpaired) electrons. The van der Waals surface area contributed by atoms with Crippen molar-refractivity contribution in [2.24, 2.45) is 7.05 Å². The number of aryl methyl sites for hydroxylation is 1. The Morgan fingerprint density at radius 3 is 2.68 bits per heavy atom. The smallest absolute Gasteiger partial charge is 0.266 e. The normalized spacial score (nSPS) is 11.7. The lowest BCUT2D eigenvalue weighted by Gasteiger charge is -2.06. The Morgan fingerprint density at radius 1 is 1.32 bits per heavy atom. The summed E-state index contributed by atoms with van der Waals surface area (Å²) < 4.78 is 31.2. The van der Waals surface area contributed by atoms with Gasteiger partial charge in [0.15, 0.2) is 5.82 Å². The van der Waals surface area contributed by atoms with Crippen LogP contribution in [0.1, 0.15) is 11.3 Å². The highest BCUT2D eigenvalue weighted by Crippen LogP contribution is 2.25. The molecule has 3 aromatic rings. The maximum Gasteiger partial charge on any atom is 0.266 e. The molecule has 0 aliphatic carbocycles. The summed E-state index contributed by atoms with van der Waals surface area (Å²) in [7, 11) is -2.10. The van der Waals surface area contributed by atoms with Gasteiger partial charge in [-0.05, 0) is 34.5 Å². The van der Waals surface area contributed by atoms with Crippen molar-refractivity contribution >= 4 is 43.4 Å². The van der Waals surface area contributed by atoms with Gasteiger partial charge >= 0.3 is 0 Å². The molecule has 1 aromatic carbocycles. The summed E-state index contributed by atoms with van der Waals surface area (Å²) in [5.74, 6) is 0.204. The Kier molecular flexibility index (Phi) is 4.90. The van der Waals surface area contributed by atoms with E-state index in [-0.39, 0.29) is 10.7 Å². The zero-order valence-corrected chi connectivity index (χ0v) is 16.6. The highest BCUT2D eigenvalue weighted by Gasteiger charge is 2.22. The summed E-state index contributed by atoms with van der Waals surface area (Å²) in [4.78, 5) is 0.113. The second kappa shape index (κ2) is 6.81. The van der Waals surface area contributed by atoms with Crippen molar-refractivity contribution in [2.45, 2.75) is 18.4 Å². The van der Waals surface area contributed by atoms with Crippen LogP contribution in [0.3, 0.4) is 0 Å². The monoisotopic (exact) mass is 443 g/mol. The maximum absolute atomic E-state index is 12.6. The molecule has 0 fully saturated rings. The van der Waals surface area contributed by atoms with Gasteiger partial charge in [-0.25, -0.2) is 8.42 Å². The molecule has 0 unspecified atom stereocenters. The Bertz CT molecular complexity index is 1030. The third kappa shape index (κ3) is 3.73. The van der Waals surface area contributed by atoms with Gasteiger partial charge in [0, 0.05) is 18.3 Å². The molecule has 0 spiro atoms. The van der Waals surface area contributed by atoms with Crippen LogP contribution in [0.25, 0.3) is 0 Å². The van der Waals surface area contributed by atoms with Crippen LogP contribution in [-0.2, 0) is 23.6 Å². The number of hydrogen-bond donors (Lipinski definition) is 1. The molecule has 7 nitrogen and oxygen atoms in total. The van der Waals surface area contributed by atoms with Gasteiger partial charge in [0.25, 0.3) is 10.0 Å². The molecule has 0 atom stereocenters. The van der Waals surface area contributed by atoms with Gasteiger partial charge in [-0.3, -0.25) is 14.1 Å². The minimum atomic E-state index is -3.78. The molecule has 0 amide bonds. The second-order valence-electron chi connectivity index (χ2n) is 5.44. The maximum atomic E-state index is 12.6. The predicted molar refractivity (Wildman–Crippen MR) is 99.2 cm³/mol. The fourth-order valence-electron chi connectivity index (χ4n) is 2.27. The SMILES string of the molecule is Cc1c(S(=O)(=O)Nc2nn(Cc3ccccc3Cl)cc2Br)cnn1C. The molecule has 1 N–H and O–H groups in total. The van der Waals surface area contributed by atoms with Crippen LogP contribution in [0.15, 0.2) is 46.0 Å². The van der Waals surface area contributed by atoms with Crippen LogP contribution in [0.5, 0.6) is 0 Å². The molecule has 0 saturated heterocycles. The zero-order valence-electron chi connectivity index (χ0n) is 13.4. The van der Waals surface area contributed by atoms with E-state index in [9.17, 15) is 8.42 Å². The fourth-order valence-corrected chi connectivity index (χ4v) is 4.24. The van der Waals surface area contributed by atoms with E-state index in [0.717, 1.165) is 5.56 Å². The van der Waals surface area contributed by atoms with Crippen molar-refractivity contribution in [3.8, 4) is 0 Å². The van der Waals surface area contributed by atoms with Gasteiger partial charge in [0.05, 0.1) is 22.9 Å². The van der Waals surface area contributed by atoms with Crippen LogP contribution in [0.4, 0.5) is 5.82 Å². The highest BCUT2D eigenvalue weighted by molar-refractivity contribution is 9.10. The molecule has 0 aliphatic rings. The standard InChI is InChI=1S/C15H15BrClN5O2S/c1-10-14(7-18-21(10)2)25(23,24)20-15-12(16)9-22(19-15)8-11-5-3-4-6-13(11)17/h3-7,9H,8H2,1-2H3,(H,19,20). The van der Waals surface area contributed by atoms with E-state index < -0.39 is 10.0 Å². The van der Waals surface area contributed by atoms with Crippen molar-refractivity contribution in [2.75, 3.05) is 4.72 Å². The molecule has 2 heterocycles. The van der Waals surface area contributed by atoms with E-state index in [1.807, 2.05) is 18.2 Å². The van der Waals surface area contributed by atoms with E-state index >= 15 is 0 Å². The molecule has 10 heteroatoms. The molecule has 2 aromatic heterocycles. The Labute approximate surface area is 158 Å². The number of hydrogen-bond acceptors (Lipinski definition) is 4. The van der Waals surface area contributed by atoms with E-state index in [1.54, 1.807) is 30.9 Å². The molecular formula is C15H15BrClN5O2S. The van der Waals surface area contributed by atoms with E-state index in [0.29, 0.717) is 21.7 Å². The van der Waals surface area contributed by atoms with Crippen molar-refractivity contribution in [3.05, 3.63) is 57.4 Å². The third-order valence-corrected chi connectivity index (χ3v) is 6.11. The van der Waals surface area contributed by atoms with Crippen LogP contribution < -0.4 is 4.72 Å². The largest absolute Gasteiger partial charge is 0.272 e. The summed E-state index contributed by atoms with van der Waals surface area (Å²) in [6, 6.07) is 7.42. The number of nitrogens with zero attached hydrogens (tertiary/aromatic N) is 4. The van der Waals surface area contributed by atoms with E-state index in [1.165, 1.54) is 10.9 Å². The summed E-state index contributed by atoms with van der Waals surface area (Å²) in [5, 5.41) is 8.88. The number of rotatable bonds is 5. The number of sulfonamides is 1. The Morgan fingerprint density at radius 2 is 2.04 bits per heavy atom. The first kappa shape index (κ1) is 18.0. The highest BCUT2D eigenvalue weighted by atomic mass is 79.9. The minimum absolute atomic E-state index is 0.113. The second-order valence-corrected chi connectivity index (χ2v) is 8.35. The number of halogens is 2. The van der Waals surface area contributed by atoms with E-state index in [4.69, 9.17) is 11.6 Å². The number of nitrogens with one attached hydrogen (secondary N) is 1. The summed E-state index contributed by atoms with van der Waals surface area (Å²) in [6.45, 7) is 2.11. The van der Waals surface area contributed by atoms with Crippen LogP contribution in [-0.4, -0.2) is 28.0 Å². The lowest BCUT2D eigenvalue weighted by molar-refractivity contribution is 0.599. The molecule has 3 rings (SSSR count). The molecule has 0 aliphatic heterocycles. The predicted octanol–water partition coefficient (Wildman–Crippen LogP) is 3.19. The summed E-state index contributed by atoms with van der Waals surface area (Å²) in [5.41, 5.74) is 1.43. The summed E-state index contributed by atoms with van der Waals surface area (Å²) in [6.07, 6.45) is 3.00. The van der Waals surface area contributed by atoms with E-state index in [2.05, 4.69) is 30.8 Å². The average Bonchev–Trinajstić information content (AvgIpc) is 3.05. The Balaban J connectivity index is 1.86. The van der Waals surface area contributed by atoms with Gasteiger partial charge in [0.2, 0.25) is 0 Å². The van der Waals surface area contributed by atoms with Gasteiger partial charge in [-0.15, -0.1) is 0 Å². The first-order chi connectivity index (χ1) is 11.8. The first-order valence-electron chi connectivity index (χ1n) is 7.25. The van der Waals surface area contributed by atoms with Crippen molar-refractivity contribution < 1.29 is 8.42 Å². The number of aromatic nitrogens is 4. The lowest BCUT2D eigenvalue weighted by Crippen LogP contribution is -2.15. The van der Waals surface area contributed by atoms with Crippen molar-refractivity contribution in [1.29, 1.82) is 0 Å². The zero-order chi connectivity index (χ0) is 18.2. The van der Waals surface area contributed by atoms with Gasteiger partial charge < -0.3 is 0 Å². The Hall–Kier alpha value is -1.84. The van der Waals surface area contributed by atoms with Gasteiger partial charge in [-0.1, -0.05) is 29.8 Å². The quantitative estimate of drug-likeness (QED) is 0.655. The number of anilines is 1. The van der Waals surface area contributed by atoms with Crippen LogP contribution >= 0.6 is 27.5 Å². The minimum Gasteiger partial charge on any atom is -0.272 e. The van der Waals surface area contributed by atoms with Crippen LogP contribution in [0, 0.1) is 6.92 Å². The van der Waals surface area contributed by atoms with Crippen molar-refractivity contribution in [1.82, 2.24) is 19.6 Å². The average molecular weight is 445 g/mol. The molecule has 25 heavy (non-hydrogen) atoms. The molecule has 0 saturated carbocycles. The van der Waals surface area contributed by atoms with Crippen LogP contribution in [0.2, 0.25) is 5.02 Å². The summed E-state index contributed by atoms with van der Waals surface area (Å²) >= 11 is 9.49. The molecular weight excluding hydrogens is 430 g/mol. The molecule has 0 bridgehead atoms. The number of benzene rings is 1. The van der Waals surface area contributed by atoms with Crippen molar-refractivity contribution in [3.63, 3.8) is 0 Å². The first-order valence-corrected chi connectivity index (χ1v) is 9.91. The lowest BCUT2D eigenvalue weighted by atomic mass is 10.2. The third-order valence-electron chi connectivity index (χ3n) is 3.72. The molecule has 132 valence electrons. The van der Waals surface area contributed by atoms with Gasteiger partial charge in [0.1, 0.15) is 4.90 Å². The topological polar surface area (TPSA) is 81.8 Å². The fraction of sp³-hybridized carbons (Fsp3) is 0.200.